The summed E-state index contributed by atoms with van der Waals surface area (Å²) in [4.78, 5) is 4.91. The molecule has 0 saturated carbocycles. The first-order valence-electron chi connectivity index (χ1n) is 24.0. The van der Waals surface area contributed by atoms with Gasteiger partial charge in [0.15, 0.2) is 0 Å². The van der Waals surface area contributed by atoms with E-state index in [0.717, 1.165) is 56.4 Å². The topological polar surface area (TPSA) is 19.6 Å². The Balaban J connectivity index is 1.06. The first-order valence-corrected chi connectivity index (χ1v) is 24.0. The Morgan fingerprint density at radius 3 is 1.55 bits per heavy atom. The number of hydrogen-bond acceptors (Lipinski definition) is 3. The lowest BCUT2D eigenvalue weighted by atomic mass is 9.69. The zero-order chi connectivity index (χ0) is 45.8. The molecule has 0 N–H and O–H groups in total. The van der Waals surface area contributed by atoms with Crippen LogP contribution in [0, 0.1) is 0 Å². The summed E-state index contributed by atoms with van der Waals surface area (Å²) >= 11 is 0. The second-order valence-electron chi connectivity index (χ2n) is 19.2. The number of rotatable bonds is 7. The van der Waals surface area contributed by atoms with Gasteiger partial charge in [-0.25, -0.2) is 0 Å². The minimum absolute atomic E-state index is 0.167. The van der Waals surface area contributed by atoms with Crippen molar-refractivity contribution < 1.29 is 4.42 Å². The van der Waals surface area contributed by atoms with E-state index in [1.54, 1.807) is 0 Å². The summed E-state index contributed by atoms with van der Waals surface area (Å²) in [6.07, 6.45) is 0. The molecule has 0 amide bonds. The molecule has 3 nitrogen and oxygen atoms in total. The van der Waals surface area contributed by atoms with Crippen LogP contribution in [0.2, 0.25) is 0 Å². The second kappa shape index (κ2) is 14.9. The molecule has 1 aromatic heterocycles. The number of benzene rings is 10. The number of fused-ring (bicyclic) bond motifs is 15. The van der Waals surface area contributed by atoms with E-state index < -0.39 is 5.41 Å². The summed E-state index contributed by atoms with van der Waals surface area (Å²) in [6.45, 7) is 4.73. The molecule has 1 unspecified atom stereocenters. The predicted octanol–water partition coefficient (Wildman–Crippen LogP) is 17.7. The summed E-state index contributed by atoms with van der Waals surface area (Å²) in [5.41, 5.74) is 22.8. The van der Waals surface area contributed by atoms with Gasteiger partial charge in [-0.1, -0.05) is 178 Å². The van der Waals surface area contributed by atoms with Gasteiger partial charge in [-0.15, -0.1) is 0 Å². The largest absolute Gasteiger partial charge is 0.456 e. The van der Waals surface area contributed by atoms with Gasteiger partial charge in [0.2, 0.25) is 0 Å². The molecule has 3 aliphatic carbocycles. The molecular formula is C66H46N2O. The monoisotopic (exact) mass is 882 g/mol. The van der Waals surface area contributed by atoms with Crippen LogP contribution >= 0.6 is 0 Å². The first-order chi connectivity index (χ1) is 34.0. The standard InChI is InChI=1S/C66H46N2O/c1-65(2)56-29-15-12-25-50(56)52-39-37-48(41-58(52)65)67(47-35-33-44(34-36-47)43-19-6-3-7-20-43)49-38-40-54-59(42-49)66(63-55-27-14-17-32-61(55)69-64(54)63)57-30-16-13-26-51(57)53-28-18-31-60(62(53)66)68(45-21-8-4-9-22-45)46-23-10-5-11-24-46/h3-42H,1-2H3. The van der Waals surface area contributed by atoms with Crippen molar-refractivity contribution in [1.82, 2.24) is 0 Å². The third kappa shape index (κ3) is 5.62. The highest BCUT2D eigenvalue weighted by molar-refractivity contribution is 6.05. The second-order valence-corrected chi connectivity index (χ2v) is 19.2. The van der Waals surface area contributed by atoms with Crippen molar-refractivity contribution in [1.29, 1.82) is 0 Å². The van der Waals surface area contributed by atoms with Crippen LogP contribution in [0.1, 0.15) is 47.2 Å². The zero-order valence-electron chi connectivity index (χ0n) is 38.4. The third-order valence-corrected chi connectivity index (χ3v) is 15.2. The van der Waals surface area contributed by atoms with Crippen LogP contribution < -0.4 is 9.80 Å². The van der Waals surface area contributed by atoms with Crippen molar-refractivity contribution in [3.63, 3.8) is 0 Å². The Hall–Kier alpha value is -8.66. The number of furan rings is 1. The van der Waals surface area contributed by atoms with E-state index in [0.29, 0.717) is 0 Å². The van der Waals surface area contributed by atoms with Crippen molar-refractivity contribution in [2.24, 2.45) is 0 Å². The molecule has 10 aromatic carbocycles. The molecule has 11 aromatic rings. The molecule has 0 bridgehead atoms. The fourth-order valence-corrected chi connectivity index (χ4v) is 12.3. The summed E-state index contributed by atoms with van der Waals surface area (Å²) in [5.74, 6) is 0.928. The minimum atomic E-state index is -0.748. The number of hydrogen-bond donors (Lipinski definition) is 0. The van der Waals surface area contributed by atoms with E-state index in [9.17, 15) is 0 Å². The van der Waals surface area contributed by atoms with Crippen LogP contribution in [-0.2, 0) is 10.8 Å². The smallest absolute Gasteiger partial charge is 0.140 e. The van der Waals surface area contributed by atoms with Crippen LogP contribution in [-0.4, -0.2) is 0 Å². The maximum absolute atomic E-state index is 7.13. The fraction of sp³-hybridized carbons (Fsp3) is 0.0606. The van der Waals surface area contributed by atoms with Gasteiger partial charge in [-0.2, -0.15) is 0 Å². The van der Waals surface area contributed by atoms with Crippen molar-refractivity contribution >= 4 is 45.1 Å². The molecule has 1 spiro atoms. The highest BCUT2D eigenvalue weighted by Gasteiger charge is 2.56. The molecule has 1 heterocycles. The number of nitrogens with zero attached hydrogens (tertiary/aromatic N) is 2. The maximum atomic E-state index is 7.13. The molecule has 1 atom stereocenters. The molecular weight excluding hydrogens is 837 g/mol. The normalized spacial score (nSPS) is 15.3. The van der Waals surface area contributed by atoms with E-state index in [-0.39, 0.29) is 5.41 Å². The average Bonchev–Trinajstić information content (AvgIpc) is 4.09. The highest BCUT2D eigenvalue weighted by Crippen LogP contribution is 2.67. The van der Waals surface area contributed by atoms with E-state index in [1.807, 2.05) is 0 Å². The van der Waals surface area contributed by atoms with Gasteiger partial charge in [0.25, 0.3) is 0 Å². The quantitative estimate of drug-likeness (QED) is 0.159. The lowest BCUT2D eigenvalue weighted by Crippen LogP contribution is -2.28. The van der Waals surface area contributed by atoms with E-state index in [1.165, 1.54) is 66.8 Å². The third-order valence-electron chi connectivity index (χ3n) is 15.2. The van der Waals surface area contributed by atoms with Gasteiger partial charge in [0.1, 0.15) is 11.3 Å². The molecule has 0 aliphatic heterocycles. The minimum Gasteiger partial charge on any atom is -0.456 e. The van der Waals surface area contributed by atoms with Crippen LogP contribution in [0.4, 0.5) is 34.1 Å². The molecule has 3 aliphatic rings. The van der Waals surface area contributed by atoms with Crippen molar-refractivity contribution in [3.8, 4) is 44.7 Å². The van der Waals surface area contributed by atoms with Gasteiger partial charge in [-0.3, -0.25) is 0 Å². The Morgan fingerprint density at radius 1 is 0.333 bits per heavy atom. The van der Waals surface area contributed by atoms with Gasteiger partial charge < -0.3 is 14.2 Å². The Morgan fingerprint density at radius 2 is 0.841 bits per heavy atom. The predicted molar refractivity (Wildman–Crippen MR) is 285 cm³/mol. The molecule has 0 fully saturated rings. The summed E-state index contributed by atoms with van der Waals surface area (Å²) in [5, 5.41) is 1.13. The molecule has 69 heavy (non-hydrogen) atoms. The fourth-order valence-electron chi connectivity index (χ4n) is 12.3. The maximum Gasteiger partial charge on any atom is 0.140 e. The lowest BCUT2D eigenvalue weighted by Gasteiger charge is -2.36. The van der Waals surface area contributed by atoms with E-state index in [2.05, 4.69) is 266 Å². The van der Waals surface area contributed by atoms with Gasteiger partial charge in [0.05, 0.1) is 11.1 Å². The van der Waals surface area contributed by atoms with Crippen LogP contribution in [0.3, 0.4) is 0 Å². The summed E-state index contributed by atoms with van der Waals surface area (Å²) in [7, 11) is 0. The van der Waals surface area contributed by atoms with Crippen LogP contribution in [0.15, 0.2) is 247 Å². The SMILES string of the molecule is CC1(C)c2ccccc2-c2ccc(N(c3ccc(-c4ccccc4)cc3)c3ccc4c(c3)C3(c5ccccc5-c5cccc(N(c6ccccc6)c6ccccc6)c53)c3c-4oc4ccccc34)cc21. The zero-order valence-corrected chi connectivity index (χ0v) is 38.4. The first kappa shape index (κ1) is 39.5. The molecule has 326 valence electrons. The molecule has 0 saturated heterocycles. The Bertz CT molecular complexity index is 3770. The molecule has 0 radical (unpaired) electrons. The summed E-state index contributed by atoms with van der Waals surface area (Å²) < 4.78 is 7.13. The van der Waals surface area contributed by atoms with E-state index in [4.69, 9.17) is 4.42 Å². The Kier molecular flexibility index (Phi) is 8.54. The molecule has 14 rings (SSSR count). The van der Waals surface area contributed by atoms with Crippen molar-refractivity contribution in [2.45, 2.75) is 24.7 Å². The number of anilines is 6. The average molecular weight is 883 g/mol. The van der Waals surface area contributed by atoms with Gasteiger partial charge >= 0.3 is 0 Å². The summed E-state index contributed by atoms with van der Waals surface area (Å²) in [6, 6.07) is 89.1. The van der Waals surface area contributed by atoms with Crippen LogP contribution in [0.5, 0.6) is 0 Å². The van der Waals surface area contributed by atoms with Gasteiger partial charge in [-0.05, 0) is 134 Å². The lowest BCUT2D eigenvalue weighted by molar-refractivity contribution is 0.628. The highest BCUT2D eigenvalue weighted by atomic mass is 16.3. The van der Waals surface area contributed by atoms with Crippen molar-refractivity contribution in [2.75, 3.05) is 9.80 Å². The molecule has 3 heteroatoms. The number of para-hydroxylation sites is 3. The van der Waals surface area contributed by atoms with Crippen molar-refractivity contribution in [3.05, 3.63) is 276 Å². The van der Waals surface area contributed by atoms with E-state index >= 15 is 0 Å². The van der Waals surface area contributed by atoms with Gasteiger partial charge in [0, 0.05) is 55.9 Å². The van der Waals surface area contributed by atoms with Crippen LogP contribution in [0.25, 0.3) is 55.7 Å². The Labute approximate surface area is 402 Å².